The predicted molar refractivity (Wildman–Crippen MR) is 130 cm³/mol. The Bertz CT molecular complexity index is 1090. The summed E-state index contributed by atoms with van der Waals surface area (Å²) < 4.78 is 13.8. The smallest absolute Gasteiger partial charge is 0.231 e. The topological polar surface area (TPSA) is 55.5 Å². The molecule has 1 aromatic heterocycles. The number of ether oxygens (including phenoxy) is 1. The van der Waals surface area contributed by atoms with Crippen LogP contribution in [0.15, 0.2) is 71.3 Å². The molecule has 4 aliphatic rings. The molecule has 34 heavy (non-hydrogen) atoms. The molecule has 0 spiro atoms. The average Bonchev–Trinajstić information content (AvgIpc) is 3.32. The van der Waals surface area contributed by atoms with E-state index < -0.39 is 5.60 Å². The number of hydrogen-bond acceptors (Lipinski definition) is 4. The molecule has 4 fully saturated rings. The van der Waals surface area contributed by atoms with Gasteiger partial charge in [0.1, 0.15) is 19.2 Å². The molecule has 1 aliphatic carbocycles. The molecule has 5 heteroatoms. The van der Waals surface area contributed by atoms with Crippen molar-refractivity contribution in [2.24, 2.45) is 11.8 Å². The van der Waals surface area contributed by atoms with E-state index in [9.17, 15) is 5.11 Å². The van der Waals surface area contributed by atoms with E-state index in [0.717, 1.165) is 61.2 Å². The summed E-state index contributed by atoms with van der Waals surface area (Å²) in [6.45, 7) is 4.86. The van der Waals surface area contributed by atoms with Crippen molar-refractivity contribution < 1.29 is 18.7 Å². The Kier molecular flexibility index (Phi) is 5.80. The van der Waals surface area contributed by atoms with Crippen molar-refractivity contribution in [2.45, 2.75) is 57.0 Å². The fraction of sp³-hybridized carbons (Fsp3) is 0.483. The van der Waals surface area contributed by atoms with E-state index in [1.807, 2.05) is 42.6 Å². The minimum absolute atomic E-state index is 0.162. The standard InChI is InChI=1S/C29H35N2O3/c32-29(25-12-7-13-25,24-10-5-2-6-11-24)28-30-18-26(34-28)19-31-16-14-23(15-17-31)27(20-31)33-21-22-8-3-1-4-9-22/h1-6,8-11,18,23,25,27,32H,7,12-17,19-21H2/q+1/t23?,27?,29-,31?/m0/s1. The van der Waals surface area contributed by atoms with Gasteiger partial charge in [0.2, 0.25) is 5.89 Å². The van der Waals surface area contributed by atoms with E-state index in [4.69, 9.17) is 9.15 Å². The van der Waals surface area contributed by atoms with Gasteiger partial charge in [0.15, 0.2) is 11.4 Å². The second-order valence-electron chi connectivity index (χ2n) is 10.7. The molecule has 3 saturated heterocycles. The summed E-state index contributed by atoms with van der Waals surface area (Å²) >= 11 is 0. The van der Waals surface area contributed by atoms with Crippen molar-refractivity contribution in [3.63, 3.8) is 0 Å². The molecule has 4 heterocycles. The van der Waals surface area contributed by atoms with Crippen LogP contribution in [0.25, 0.3) is 0 Å². The van der Waals surface area contributed by atoms with E-state index in [2.05, 4.69) is 29.2 Å². The van der Waals surface area contributed by atoms with Gasteiger partial charge in [0.25, 0.3) is 0 Å². The SMILES string of the molecule is O[C@](c1ccccc1)(c1ncc(C[N+]23CCC(CC2)C(OCc2ccccc2)C3)o1)C1CCC1. The summed E-state index contributed by atoms with van der Waals surface area (Å²) in [6, 6.07) is 20.4. The van der Waals surface area contributed by atoms with Gasteiger partial charge in [-0.2, -0.15) is 0 Å². The first-order chi connectivity index (χ1) is 16.6. The van der Waals surface area contributed by atoms with E-state index in [1.54, 1.807) is 0 Å². The van der Waals surface area contributed by atoms with Crippen molar-refractivity contribution >= 4 is 0 Å². The van der Waals surface area contributed by atoms with Gasteiger partial charge in [0.05, 0.1) is 25.9 Å². The number of aliphatic hydroxyl groups is 1. The second-order valence-corrected chi connectivity index (χ2v) is 10.7. The van der Waals surface area contributed by atoms with Gasteiger partial charge in [-0.3, -0.25) is 0 Å². The molecular weight excluding hydrogens is 424 g/mol. The van der Waals surface area contributed by atoms with Crippen LogP contribution in [-0.2, 0) is 23.5 Å². The molecule has 3 aliphatic heterocycles. The molecule has 0 radical (unpaired) electrons. The Morgan fingerprint density at radius 3 is 2.35 bits per heavy atom. The molecule has 1 saturated carbocycles. The number of aromatic nitrogens is 1. The largest absolute Gasteiger partial charge is 0.436 e. The van der Waals surface area contributed by atoms with Crippen LogP contribution in [0, 0.1) is 11.8 Å². The highest BCUT2D eigenvalue weighted by atomic mass is 16.5. The maximum absolute atomic E-state index is 11.9. The molecule has 1 N–H and O–H groups in total. The highest BCUT2D eigenvalue weighted by molar-refractivity contribution is 5.30. The Hall–Kier alpha value is -2.47. The second kappa shape index (κ2) is 8.95. The van der Waals surface area contributed by atoms with Crippen LogP contribution < -0.4 is 0 Å². The number of benzene rings is 2. The molecule has 178 valence electrons. The van der Waals surface area contributed by atoms with E-state index in [0.29, 0.717) is 24.5 Å². The Labute approximate surface area is 202 Å². The maximum atomic E-state index is 11.9. The fourth-order valence-electron chi connectivity index (χ4n) is 6.35. The molecule has 5 nitrogen and oxygen atoms in total. The van der Waals surface area contributed by atoms with Crippen LogP contribution in [-0.4, -0.2) is 40.3 Å². The molecule has 0 amide bonds. The third-order valence-corrected chi connectivity index (χ3v) is 8.63. The molecule has 2 bridgehead atoms. The zero-order valence-electron chi connectivity index (χ0n) is 19.8. The van der Waals surface area contributed by atoms with Crippen LogP contribution >= 0.6 is 0 Å². The lowest BCUT2D eigenvalue weighted by Gasteiger charge is -2.52. The summed E-state index contributed by atoms with van der Waals surface area (Å²) in [5, 5.41) is 11.9. The first-order valence-electron chi connectivity index (χ1n) is 12.9. The summed E-state index contributed by atoms with van der Waals surface area (Å²) in [5.41, 5.74) is 0.975. The van der Waals surface area contributed by atoms with Crippen LogP contribution in [0.3, 0.4) is 0 Å². The summed E-state index contributed by atoms with van der Waals surface area (Å²) in [5.74, 6) is 2.16. The average molecular weight is 460 g/mol. The normalized spacial score (nSPS) is 28.4. The van der Waals surface area contributed by atoms with E-state index in [1.165, 1.54) is 18.4 Å². The number of piperidine rings is 3. The van der Waals surface area contributed by atoms with Crippen LogP contribution in [0.2, 0.25) is 0 Å². The highest BCUT2D eigenvalue weighted by Crippen LogP contribution is 2.46. The first-order valence-corrected chi connectivity index (χ1v) is 12.9. The van der Waals surface area contributed by atoms with Gasteiger partial charge in [-0.25, -0.2) is 4.98 Å². The third kappa shape index (κ3) is 4.00. The van der Waals surface area contributed by atoms with Gasteiger partial charge in [-0.1, -0.05) is 67.1 Å². The lowest BCUT2D eigenvalue weighted by atomic mass is 9.69. The van der Waals surface area contributed by atoms with Crippen LogP contribution in [0.1, 0.15) is 54.9 Å². The molecule has 3 aromatic rings. The van der Waals surface area contributed by atoms with E-state index >= 15 is 0 Å². The molecular formula is C29H35N2O3+. The van der Waals surface area contributed by atoms with Gasteiger partial charge < -0.3 is 18.7 Å². The minimum atomic E-state index is -1.14. The highest BCUT2D eigenvalue weighted by Gasteiger charge is 2.49. The summed E-state index contributed by atoms with van der Waals surface area (Å²) in [7, 11) is 0. The number of fused-ring (bicyclic) bond motifs is 3. The molecule has 2 atom stereocenters. The first kappa shape index (κ1) is 22.0. The number of quaternary nitrogens is 1. The van der Waals surface area contributed by atoms with Crippen molar-refractivity contribution in [1.82, 2.24) is 4.98 Å². The number of nitrogens with zero attached hydrogens (tertiary/aromatic N) is 2. The van der Waals surface area contributed by atoms with Crippen LogP contribution in [0.5, 0.6) is 0 Å². The summed E-state index contributed by atoms with van der Waals surface area (Å²) in [6.07, 6.45) is 7.72. The Balaban J connectivity index is 1.19. The van der Waals surface area contributed by atoms with Gasteiger partial charge >= 0.3 is 0 Å². The zero-order valence-corrected chi connectivity index (χ0v) is 19.8. The minimum Gasteiger partial charge on any atom is -0.436 e. The number of rotatable bonds is 8. The van der Waals surface area contributed by atoms with Crippen molar-refractivity contribution in [3.8, 4) is 0 Å². The van der Waals surface area contributed by atoms with Crippen molar-refractivity contribution in [1.29, 1.82) is 0 Å². The van der Waals surface area contributed by atoms with Crippen LogP contribution in [0.4, 0.5) is 0 Å². The third-order valence-electron chi connectivity index (χ3n) is 8.63. The zero-order chi connectivity index (χ0) is 23.0. The fourth-order valence-corrected chi connectivity index (χ4v) is 6.35. The van der Waals surface area contributed by atoms with Crippen molar-refractivity contribution in [2.75, 3.05) is 19.6 Å². The summed E-state index contributed by atoms with van der Waals surface area (Å²) in [4.78, 5) is 4.65. The van der Waals surface area contributed by atoms with Crippen molar-refractivity contribution in [3.05, 3.63) is 89.6 Å². The van der Waals surface area contributed by atoms with E-state index in [-0.39, 0.29) is 5.92 Å². The molecule has 7 rings (SSSR count). The maximum Gasteiger partial charge on any atom is 0.231 e. The Morgan fingerprint density at radius 1 is 0.971 bits per heavy atom. The monoisotopic (exact) mass is 459 g/mol. The molecule has 1 unspecified atom stereocenters. The quantitative estimate of drug-likeness (QED) is 0.480. The Morgan fingerprint density at radius 2 is 1.68 bits per heavy atom. The van der Waals surface area contributed by atoms with Gasteiger partial charge in [-0.15, -0.1) is 0 Å². The molecule has 2 aromatic carbocycles. The number of oxazole rings is 1. The predicted octanol–water partition coefficient (Wildman–Crippen LogP) is 5.04. The lowest BCUT2D eigenvalue weighted by Crippen LogP contribution is -2.63. The lowest BCUT2D eigenvalue weighted by molar-refractivity contribution is -0.959. The number of hydrogen-bond donors (Lipinski definition) is 1. The van der Waals surface area contributed by atoms with Gasteiger partial charge in [-0.05, 0) is 24.0 Å². The van der Waals surface area contributed by atoms with Gasteiger partial charge in [0, 0.05) is 24.7 Å².